The average molecular weight is 248 g/mol. The highest BCUT2D eigenvalue weighted by Crippen LogP contribution is 2.32. The van der Waals surface area contributed by atoms with Crippen LogP contribution in [0.4, 0.5) is 10.1 Å². The topological polar surface area (TPSA) is 65.3 Å². The summed E-state index contributed by atoms with van der Waals surface area (Å²) < 4.78 is 18.5. The van der Waals surface area contributed by atoms with Gasteiger partial charge in [-0.25, -0.2) is 4.98 Å². The van der Waals surface area contributed by atoms with Gasteiger partial charge in [-0.3, -0.25) is 10.1 Å². The number of ether oxygens (including phenoxy) is 1. The largest absolute Gasteiger partial charge is 0.445 e. The van der Waals surface area contributed by atoms with Crippen molar-refractivity contribution in [3.8, 4) is 11.5 Å². The molecule has 1 heterocycles. The Kier molecular flexibility index (Phi) is 3.18. The number of hydrogen-bond donors (Lipinski definition) is 0. The monoisotopic (exact) mass is 248 g/mol. The first-order chi connectivity index (χ1) is 8.58. The molecule has 0 saturated carbocycles. The van der Waals surface area contributed by atoms with Crippen molar-refractivity contribution in [3.63, 3.8) is 0 Å². The molecule has 0 atom stereocenters. The molecule has 0 aliphatic rings. The third kappa shape index (κ3) is 2.42. The Labute approximate surface area is 102 Å². The van der Waals surface area contributed by atoms with Crippen LogP contribution in [-0.2, 0) is 0 Å². The lowest BCUT2D eigenvalue weighted by atomic mass is 10.2. The van der Waals surface area contributed by atoms with Crippen LogP contribution in [0, 0.1) is 23.0 Å². The van der Waals surface area contributed by atoms with E-state index in [2.05, 4.69) is 4.98 Å². The molecule has 0 fully saturated rings. The fourth-order valence-corrected chi connectivity index (χ4v) is 1.42. The van der Waals surface area contributed by atoms with Crippen LogP contribution >= 0.6 is 0 Å². The molecule has 0 aliphatic heterocycles. The van der Waals surface area contributed by atoms with Gasteiger partial charge in [-0.05, 0) is 30.7 Å². The van der Waals surface area contributed by atoms with Crippen LogP contribution in [-0.4, -0.2) is 9.91 Å². The van der Waals surface area contributed by atoms with Crippen LogP contribution in [0.2, 0.25) is 0 Å². The quantitative estimate of drug-likeness (QED) is 0.475. The van der Waals surface area contributed by atoms with E-state index in [4.69, 9.17) is 4.74 Å². The third-order valence-corrected chi connectivity index (χ3v) is 2.26. The average Bonchev–Trinajstić information content (AvgIpc) is 2.34. The number of pyridine rings is 1. The van der Waals surface area contributed by atoms with E-state index < -0.39 is 10.9 Å². The molecule has 2 rings (SSSR count). The van der Waals surface area contributed by atoms with Gasteiger partial charge in [-0.2, -0.15) is 4.39 Å². The Morgan fingerprint density at radius 1 is 1.33 bits per heavy atom. The summed E-state index contributed by atoms with van der Waals surface area (Å²) in [5, 5.41) is 10.9. The highest BCUT2D eigenvalue weighted by Gasteiger charge is 2.17. The van der Waals surface area contributed by atoms with Gasteiger partial charge < -0.3 is 4.74 Å². The van der Waals surface area contributed by atoms with E-state index in [9.17, 15) is 14.5 Å². The van der Waals surface area contributed by atoms with Crippen molar-refractivity contribution in [2.75, 3.05) is 0 Å². The molecule has 18 heavy (non-hydrogen) atoms. The van der Waals surface area contributed by atoms with Crippen LogP contribution in [0.25, 0.3) is 0 Å². The van der Waals surface area contributed by atoms with Crippen molar-refractivity contribution in [1.82, 2.24) is 4.98 Å². The Bertz CT molecular complexity index is 602. The molecule has 92 valence electrons. The number of rotatable bonds is 3. The maximum atomic E-state index is 13.3. The number of halogens is 1. The summed E-state index contributed by atoms with van der Waals surface area (Å²) in [6.45, 7) is 1.72. The summed E-state index contributed by atoms with van der Waals surface area (Å²) in [6, 6.07) is 7.28. The summed E-state index contributed by atoms with van der Waals surface area (Å²) in [6.07, 6.45) is 1.27. The Morgan fingerprint density at radius 2 is 2.11 bits per heavy atom. The second-order valence-electron chi connectivity index (χ2n) is 3.62. The molecular weight excluding hydrogens is 239 g/mol. The van der Waals surface area contributed by atoms with Crippen LogP contribution in [0.3, 0.4) is 0 Å². The second-order valence-corrected chi connectivity index (χ2v) is 3.62. The molecule has 0 spiro atoms. The van der Waals surface area contributed by atoms with Crippen molar-refractivity contribution in [1.29, 1.82) is 0 Å². The molecule has 5 nitrogen and oxygen atoms in total. The minimum atomic E-state index is -0.813. The molecule has 0 saturated heterocycles. The number of nitro groups is 1. The predicted molar refractivity (Wildman–Crippen MR) is 62.1 cm³/mol. The molecule has 0 unspecified atom stereocenters. The van der Waals surface area contributed by atoms with Gasteiger partial charge in [0.1, 0.15) is 0 Å². The van der Waals surface area contributed by atoms with Crippen LogP contribution < -0.4 is 4.74 Å². The van der Waals surface area contributed by atoms with E-state index in [0.717, 1.165) is 5.56 Å². The number of nitro benzene ring substituents is 1. The molecular formula is C12H9FN2O3. The van der Waals surface area contributed by atoms with Crippen LogP contribution in [0.15, 0.2) is 36.5 Å². The Balaban J connectivity index is 2.41. The lowest BCUT2D eigenvalue weighted by Crippen LogP contribution is -1.96. The van der Waals surface area contributed by atoms with Gasteiger partial charge in [0.2, 0.25) is 5.75 Å². The maximum absolute atomic E-state index is 13.3. The van der Waals surface area contributed by atoms with Gasteiger partial charge in [0, 0.05) is 12.3 Å². The number of aromatic nitrogens is 1. The standard InChI is InChI=1S/C12H9FN2O3/c1-8-4-5-10(9(7-8)15(16)17)18-11-3-2-6-14-12(11)13/h2-7H,1H3. The van der Waals surface area contributed by atoms with Gasteiger partial charge >= 0.3 is 5.69 Å². The van der Waals surface area contributed by atoms with E-state index in [1.807, 2.05) is 0 Å². The lowest BCUT2D eigenvalue weighted by Gasteiger charge is -2.06. The zero-order valence-electron chi connectivity index (χ0n) is 9.46. The lowest BCUT2D eigenvalue weighted by molar-refractivity contribution is -0.385. The first-order valence-electron chi connectivity index (χ1n) is 5.11. The number of hydrogen-bond acceptors (Lipinski definition) is 4. The molecule has 0 bridgehead atoms. The number of benzene rings is 1. The van der Waals surface area contributed by atoms with Crippen molar-refractivity contribution < 1.29 is 14.1 Å². The molecule has 1 aromatic heterocycles. The summed E-state index contributed by atoms with van der Waals surface area (Å²) in [7, 11) is 0. The van der Waals surface area contributed by atoms with Gasteiger partial charge in [-0.1, -0.05) is 6.07 Å². The fourth-order valence-electron chi connectivity index (χ4n) is 1.42. The Hall–Kier alpha value is -2.50. The molecule has 6 heteroatoms. The first-order valence-corrected chi connectivity index (χ1v) is 5.11. The van der Waals surface area contributed by atoms with Gasteiger partial charge in [0.15, 0.2) is 5.75 Å². The van der Waals surface area contributed by atoms with Crippen molar-refractivity contribution in [3.05, 3.63) is 58.2 Å². The molecule has 0 N–H and O–H groups in total. The summed E-state index contributed by atoms with van der Waals surface area (Å²) in [4.78, 5) is 13.7. The summed E-state index contributed by atoms with van der Waals surface area (Å²) in [5.41, 5.74) is 0.513. The van der Waals surface area contributed by atoms with E-state index in [-0.39, 0.29) is 17.2 Å². The summed E-state index contributed by atoms with van der Waals surface area (Å²) in [5.74, 6) is -0.977. The van der Waals surface area contributed by atoms with Crippen molar-refractivity contribution in [2.45, 2.75) is 6.92 Å². The normalized spacial score (nSPS) is 10.1. The molecule has 1 aromatic carbocycles. The first kappa shape index (κ1) is 12.0. The van der Waals surface area contributed by atoms with Crippen molar-refractivity contribution >= 4 is 5.69 Å². The second kappa shape index (κ2) is 4.79. The number of nitrogens with zero attached hydrogens (tertiary/aromatic N) is 2. The van der Waals surface area contributed by atoms with Gasteiger partial charge in [-0.15, -0.1) is 0 Å². The zero-order chi connectivity index (χ0) is 13.1. The minimum absolute atomic E-state index is 0.0162. The van der Waals surface area contributed by atoms with Crippen molar-refractivity contribution in [2.24, 2.45) is 0 Å². The van der Waals surface area contributed by atoms with E-state index >= 15 is 0 Å². The third-order valence-electron chi connectivity index (χ3n) is 2.26. The predicted octanol–water partition coefficient (Wildman–Crippen LogP) is 3.23. The van der Waals surface area contributed by atoms with E-state index in [1.165, 1.54) is 30.5 Å². The number of aryl methyl sites for hydroxylation is 1. The highest BCUT2D eigenvalue weighted by atomic mass is 19.1. The SMILES string of the molecule is Cc1ccc(Oc2cccnc2F)c([N+](=O)[O-])c1. The molecule has 0 radical (unpaired) electrons. The maximum Gasteiger partial charge on any atom is 0.311 e. The van der Waals surface area contributed by atoms with Gasteiger partial charge in [0.05, 0.1) is 4.92 Å². The zero-order valence-corrected chi connectivity index (χ0v) is 9.46. The highest BCUT2D eigenvalue weighted by molar-refractivity contribution is 5.50. The minimum Gasteiger partial charge on any atom is -0.445 e. The van der Waals surface area contributed by atoms with E-state index in [1.54, 1.807) is 13.0 Å². The van der Waals surface area contributed by atoms with Crippen LogP contribution in [0.1, 0.15) is 5.56 Å². The van der Waals surface area contributed by atoms with E-state index in [0.29, 0.717) is 0 Å². The Morgan fingerprint density at radius 3 is 2.78 bits per heavy atom. The summed E-state index contributed by atoms with van der Waals surface area (Å²) >= 11 is 0. The molecule has 0 aliphatic carbocycles. The molecule has 0 amide bonds. The fraction of sp³-hybridized carbons (Fsp3) is 0.0833. The van der Waals surface area contributed by atoms with Crippen LogP contribution in [0.5, 0.6) is 11.5 Å². The smallest absolute Gasteiger partial charge is 0.311 e. The van der Waals surface area contributed by atoms with Gasteiger partial charge in [0.25, 0.3) is 5.95 Å². The molecule has 2 aromatic rings.